The van der Waals surface area contributed by atoms with E-state index < -0.39 is 0 Å². The van der Waals surface area contributed by atoms with Gasteiger partial charge in [-0.15, -0.1) is 0 Å². The molecule has 0 radical (unpaired) electrons. The van der Waals surface area contributed by atoms with Crippen molar-refractivity contribution in [2.45, 2.75) is 13.0 Å². The number of nitrogen functional groups attached to an aromatic ring is 1. The Morgan fingerprint density at radius 1 is 1.50 bits per heavy atom. The van der Waals surface area contributed by atoms with Gasteiger partial charge in [-0.1, -0.05) is 6.07 Å². The molecule has 1 aromatic rings. The summed E-state index contributed by atoms with van der Waals surface area (Å²) < 4.78 is 13.2. The first-order valence-corrected chi connectivity index (χ1v) is 3.88. The lowest BCUT2D eigenvalue weighted by Crippen LogP contribution is -2.15. The second-order valence-corrected chi connectivity index (χ2v) is 2.75. The standard InChI is InChI=1S/C9H13FN2/c1-6(12-2)9-7(10)4-3-5-8(9)11/h3-6,12H,11H2,1-2H3/t6-/m1/s1. The zero-order chi connectivity index (χ0) is 9.14. The molecule has 3 N–H and O–H groups in total. The van der Waals surface area contributed by atoms with Crippen molar-refractivity contribution >= 4 is 5.69 Å². The summed E-state index contributed by atoms with van der Waals surface area (Å²) in [5.74, 6) is -0.253. The molecule has 2 nitrogen and oxygen atoms in total. The summed E-state index contributed by atoms with van der Waals surface area (Å²) in [5.41, 5.74) is 6.66. The molecule has 0 aromatic heterocycles. The van der Waals surface area contributed by atoms with Crippen LogP contribution in [0.1, 0.15) is 18.5 Å². The van der Waals surface area contributed by atoms with Gasteiger partial charge in [-0.3, -0.25) is 0 Å². The summed E-state index contributed by atoms with van der Waals surface area (Å²) in [4.78, 5) is 0. The third-order valence-corrected chi connectivity index (χ3v) is 1.95. The molecule has 66 valence electrons. The van der Waals surface area contributed by atoms with Gasteiger partial charge in [0.2, 0.25) is 0 Å². The van der Waals surface area contributed by atoms with E-state index in [1.165, 1.54) is 6.07 Å². The molecular weight excluding hydrogens is 155 g/mol. The fourth-order valence-corrected chi connectivity index (χ4v) is 1.15. The number of rotatable bonds is 2. The smallest absolute Gasteiger partial charge is 0.130 e. The molecule has 1 rings (SSSR count). The summed E-state index contributed by atoms with van der Waals surface area (Å²) >= 11 is 0. The Balaban J connectivity index is 3.12. The number of hydrogen-bond acceptors (Lipinski definition) is 2. The maximum atomic E-state index is 13.2. The monoisotopic (exact) mass is 168 g/mol. The second kappa shape index (κ2) is 3.54. The van der Waals surface area contributed by atoms with E-state index in [9.17, 15) is 4.39 Å². The molecule has 0 unspecified atom stereocenters. The predicted octanol–water partition coefficient (Wildman–Crippen LogP) is 1.69. The Morgan fingerprint density at radius 3 is 2.67 bits per heavy atom. The molecular formula is C9H13FN2. The molecule has 12 heavy (non-hydrogen) atoms. The minimum absolute atomic E-state index is 0.0498. The average Bonchev–Trinajstić information content (AvgIpc) is 2.03. The van der Waals surface area contributed by atoms with Gasteiger partial charge in [0.1, 0.15) is 5.82 Å². The van der Waals surface area contributed by atoms with Crippen molar-refractivity contribution < 1.29 is 4.39 Å². The van der Waals surface area contributed by atoms with E-state index in [0.29, 0.717) is 11.3 Å². The Bertz CT molecular complexity index is 253. The molecule has 3 heteroatoms. The summed E-state index contributed by atoms with van der Waals surface area (Å²) in [6.07, 6.45) is 0. The zero-order valence-corrected chi connectivity index (χ0v) is 7.26. The highest BCUT2D eigenvalue weighted by atomic mass is 19.1. The zero-order valence-electron chi connectivity index (χ0n) is 7.26. The van der Waals surface area contributed by atoms with E-state index in [1.54, 1.807) is 19.2 Å². The molecule has 0 heterocycles. The minimum atomic E-state index is -0.253. The highest BCUT2D eigenvalue weighted by Gasteiger charge is 2.11. The quantitative estimate of drug-likeness (QED) is 0.659. The van der Waals surface area contributed by atoms with Crippen LogP contribution < -0.4 is 11.1 Å². The first-order chi connectivity index (χ1) is 5.66. The molecule has 0 saturated heterocycles. The van der Waals surface area contributed by atoms with Gasteiger partial charge >= 0.3 is 0 Å². The van der Waals surface area contributed by atoms with Gasteiger partial charge < -0.3 is 11.1 Å². The van der Waals surface area contributed by atoms with Gasteiger partial charge in [0.25, 0.3) is 0 Å². The predicted molar refractivity (Wildman–Crippen MR) is 48.3 cm³/mol. The maximum Gasteiger partial charge on any atom is 0.130 e. The van der Waals surface area contributed by atoms with Crippen LogP contribution in [0, 0.1) is 5.82 Å². The fraction of sp³-hybridized carbons (Fsp3) is 0.333. The number of hydrogen-bond donors (Lipinski definition) is 2. The average molecular weight is 168 g/mol. The van der Waals surface area contributed by atoms with E-state index in [1.807, 2.05) is 6.92 Å². The third kappa shape index (κ3) is 1.56. The van der Waals surface area contributed by atoms with E-state index in [2.05, 4.69) is 5.32 Å². The van der Waals surface area contributed by atoms with Crippen LogP contribution in [-0.2, 0) is 0 Å². The molecule has 0 aliphatic carbocycles. The molecule has 0 aliphatic heterocycles. The van der Waals surface area contributed by atoms with Crippen LogP contribution in [0.5, 0.6) is 0 Å². The number of nitrogens with one attached hydrogen (secondary N) is 1. The Labute approximate surface area is 71.6 Å². The minimum Gasteiger partial charge on any atom is -0.398 e. The first kappa shape index (κ1) is 9.00. The van der Waals surface area contributed by atoms with Gasteiger partial charge in [-0.25, -0.2) is 4.39 Å². The number of benzene rings is 1. The van der Waals surface area contributed by atoms with Crippen LogP contribution in [0.15, 0.2) is 18.2 Å². The van der Waals surface area contributed by atoms with Crippen LogP contribution in [0.4, 0.5) is 10.1 Å². The third-order valence-electron chi connectivity index (χ3n) is 1.95. The molecule has 0 aliphatic rings. The number of halogens is 1. The van der Waals surface area contributed by atoms with Crippen LogP contribution in [0.3, 0.4) is 0 Å². The van der Waals surface area contributed by atoms with Crippen LogP contribution in [0.2, 0.25) is 0 Å². The summed E-state index contributed by atoms with van der Waals surface area (Å²) in [5, 5.41) is 2.94. The van der Waals surface area contributed by atoms with E-state index in [-0.39, 0.29) is 11.9 Å². The van der Waals surface area contributed by atoms with E-state index >= 15 is 0 Å². The molecule has 0 saturated carbocycles. The molecule has 0 amide bonds. The largest absolute Gasteiger partial charge is 0.398 e. The normalized spacial score (nSPS) is 12.9. The van der Waals surface area contributed by atoms with Crippen molar-refractivity contribution in [1.29, 1.82) is 0 Å². The Morgan fingerprint density at radius 2 is 2.17 bits per heavy atom. The van der Waals surface area contributed by atoms with Gasteiger partial charge in [-0.05, 0) is 26.1 Å². The van der Waals surface area contributed by atoms with Gasteiger partial charge in [-0.2, -0.15) is 0 Å². The topological polar surface area (TPSA) is 38.0 Å². The van der Waals surface area contributed by atoms with Crippen molar-refractivity contribution in [2.24, 2.45) is 0 Å². The van der Waals surface area contributed by atoms with Crippen molar-refractivity contribution in [1.82, 2.24) is 5.32 Å². The number of anilines is 1. The summed E-state index contributed by atoms with van der Waals surface area (Å²) in [7, 11) is 1.77. The van der Waals surface area contributed by atoms with Crippen LogP contribution in [0.25, 0.3) is 0 Å². The van der Waals surface area contributed by atoms with Crippen molar-refractivity contribution in [3.8, 4) is 0 Å². The SMILES string of the molecule is CN[C@H](C)c1c(N)cccc1F. The van der Waals surface area contributed by atoms with Crippen LogP contribution >= 0.6 is 0 Å². The molecule has 0 spiro atoms. The van der Waals surface area contributed by atoms with Crippen molar-refractivity contribution in [2.75, 3.05) is 12.8 Å². The molecule has 0 bridgehead atoms. The van der Waals surface area contributed by atoms with E-state index in [0.717, 1.165) is 0 Å². The highest BCUT2D eigenvalue weighted by Crippen LogP contribution is 2.22. The van der Waals surface area contributed by atoms with Gasteiger partial charge in [0, 0.05) is 17.3 Å². The number of nitrogens with two attached hydrogens (primary N) is 1. The Hall–Kier alpha value is -1.09. The fourth-order valence-electron chi connectivity index (χ4n) is 1.15. The van der Waals surface area contributed by atoms with Gasteiger partial charge in [0.05, 0.1) is 0 Å². The molecule has 1 atom stereocenters. The van der Waals surface area contributed by atoms with Crippen molar-refractivity contribution in [3.05, 3.63) is 29.6 Å². The summed E-state index contributed by atoms with van der Waals surface area (Å²) in [6, 6.07) is 4.67. The van der Waals surface area contributed by atoms with E-state index in [4.69, 9.17) is 5.73 Å². The van der Waals surface area contributed by atoms with Crippen molar-refractivity contribution in [3.63, 3.8) is 0 Å². The Kier molecular flexibility index (Phi) is 2.65. The maximum absolute atomic E-state index is 13.2. The summed E-state index contributed by atoms with van der Waals surface area (Å²) in [6.45, 7) is 1.87. The highest BCUT2D eigenvalue weighted by molar-refractivity contribution is 5.48. The van der Waals surface area contributed by atoms with Gasteiger partial charge in [0.15, 0.2) is 0 Å². The lowest BCUT2D eigenvalue weighted by molar-refractivity contribution is 0.564. The molecule has 0 fully saturated rings. The lowest BCUT2D eigenvalue weighted by atomic mass is 10.1. The van der Waals surface area contributed by atoms with Crippen LogP contribution in [-0.4, -0.2) is 7.05 Å². The second-order valence-electron chi connectivity index (χ2n) is 2.75. The molecule has 1 aromatic carbocycles. The lowest BCUT2D eigenvalue weighted by Gasteiger charge is -2.13. The first-order valence-electron chi connectivity index (χ1n) is 3.88.